The number of amides is 1. The van der Waals surface area contributed by atoms with E-state index in [1.165, 1.54) is 0 Å². The van der Waals surface area contributed by atoms with Crippen LogP contribution >= 0.6 is 12.6 Å². The van der Waals surface area contributed by atoms with Gasteiger partial charge in [0.2, 0.25) is 5.91 Å². The lowest BCUT2D eigenvalue weighted by Crippen LogP contribution is -2.26. The van der Waals surface area contributed by atoms with Crippen molar-refractivity contribution in [2.45, 2.75) is 13.3 Å². The minimum atomic E-state index is -0.0494. The molecule has 1 aromatic carbocycles. The van der Waals surface area contributed by atoms with Crippen LogP contribution in [0.25, 0.3) is 11.1 Å². The van der Waals surface area contributed by atoms with Crippen LogP contribution in [0.15, 0.2) is 22.6 Å². The first-order valence-corrected chi connectivity index (χ1v) is 6.06. The fraction of sp³-hybridized carbons (Fsp3) is 0.333. The van der Waals surface area contributed by atoms with Crippen LogP contribution in [0, 0.1) is 6.92 Å². The molecule has 4 nitrogen and oxygen atoms in total. The summed E-state index contributed by atoms with van der Waals surface area (Å²) in [6.07, 6.45) is 0.779. The number of carbonyl (C=O) groups is 1. The average molecular weight is 250 g/mol. The normalized spacial score (nSPS) is 10.7. The van der Waals surface area contributed by atoms with Crippen molar-refractivity contribution < 1.29 is 9.21 Å². The number of thiol groups is 1. The molecular weight excluding hydrogens is 236 g/mol. The summed E-state index contributed by atoms with van der Waals surface area (Å²) in [5, 5.41) is 2.77. The molecule has 0 aliphatic rings. The Morgan fingerprint density at radius 3 is 3.12 bits per heavy atom. The number of rotatable bonds is 4. The summed E-state index contributed by atoms with van der Waals surface area (Å²) in [4.78, 5) is 15.3. The van der Waals surface area contributed by atoms with Gasteiger partial charge in [-0.25, -0.2) is 4.98 Å². The molecule has 5 heteroatoms. The Hall–Kier alpha value is -1.49. The van der Waals surface area contributed by atoms with Crippen LogP contribution < -0.4 is 5.32 Å². The molecule has 1 amide bonds. The summed E-state index contributed by atoms with van der Waals surface area (Å²) >= 11 is 3.89. The quantitative estimate of drug-likeness (QED) is 0.812. The molecule has 2 aromatic rings. The van der Waals surface area contributed by atoms with Gasteiger partial charge in [0, 0.05) is 13.5 Å². The highest BCUT2D eigenvalue weighted by molar-refractivity contribution is 7.81. The molecule has 0 saturated carbocycles. The zero-order valence-corrected chi connectivity index (χ0v) is 10.5. The summed E-state index contributed by atoms with van der Waals surface area (Å²) in [6, 6.07) is 5.88. The minimum absolute atomic E-state index is 0.0494. The Bertz CT molecular complexity index is 536. The minimum Gasteiger partial charge on any atom is -0.441 e. The van der Waals surface area contributed by atoms with Gasteiger partial charge in [0.25, 0.3) is 0 Å². The first-order chi connectivity index (χ1) is 8.19. The third kappa shape index (κ3) is 3.00. The summed E-state index contributed by atoms with van der Waals surface area (Å²) in [6.45, 7) is 2.44. The molecule has 0 aliphatic heterocycles. The van der Waals surface area contributed by atoms with Crippen LogP contribution in [0.5, 0.6) is 0 Å². The molecule has 0 bridgehead atoms. The monoisotopic (exact) mass is 250 g/mol. The van der Waals surface area contributed by atoms with Gasteiger partial charge in [-0.15, -0.1) is 0 Å². The summed E-state index contributed by atoms with van der Waals surface area (Å²) in [7, 11) is 0. The Morgan fingerprint density at radius 2 is 2.35 bits per heavy atom. The second kappa shape index (κ2) is 5.23. The van der Waals surface area contributed by atoms with Gasteiger partial charge in [-0.1, -0.05) is 6.07 Å². The summed E-state index contributed by atoms with van der Waals surface area (Å²) in [5.74, 6) is 0.842. The van der Waals surface area contributed by atoms with E-state index in [-0.39, 0.29) is 11.7 Å². The molecular formula is C12H14N2O2S. The highest BCUT2D eigenvalue weighted by atomic mass is 32.1. The third-order valence-corrected chi connectivity index (χ3v) is 2.73. The number of oxazole rings is 1. The first-order valence-electron chi connectivity index (χ1n) is 5.42. The van der Waals surface area contributed by atoms with Gasteiger partial charge in [0.15, 0.2) is 11.5 Å². The molecule has 0 spiro atoms. The summed E-state index contributed by atoms with van der Waals surface area (Å²) in [5.41, 5.74) is 2.79. The maximum absolute atomic E-state index is 11.0. The van der Waals surface area contributed by atoms with Gasteiger partial charge < -0.3 is 9.73 Å². The molecule has 0 radical (unpaired) electrons. The smallest absolute Gasteiger partial charge is 0.229 e. The van der Waals surface area contributed by atoms with E-state index in [1.54, 1.807) is 0 Å². The number of hydrogen-bond donors (Lipinski definition) is 2. The fourth-order valence-electron chi connectivity index (χ4n) is 1.65. The Kier molecular flexibility index (Phi) is 3.68. The number of carbonyl (C=O) groups excluding carboxylic acids is 1. The van der Waals surface area contributed by atoms with Crippen LogP contribution in [0.1, 0.15) is 11.5 Å². The highest BCUT2D eigenvalue weighted by Gasteiger charge is 2.03. The number of fused-ring (bicyclic) bond motifs is 1. The number of aryl methyl sites for hydroxylation is 1. The van der Waals surface area contributed by atoms with E-state index in [0.717, 1.165) is 23.1 Å². The SMILES string of the molecule is Cc1nc2cc(CCNC(=O)CS)ccc2o1. The van der Waals surface area contributed by atoms with Crippen LogP contribution in [0.4, 0.5) is 0 Å². The lowest BCUT2D eigenvalue weighted by atomic mass is 10.1. The van der Waals surface area contributed by atoms with Crippen LogP contribution in [0.3, 0.4) is 0 Å². The lowest BCUT2D eigenvalue weighted by molar-refractivity contribution is -0.118. The Morgan fingerprint density at radius 1 is 1.53 bits per heavy atom. The Balaban J connectivity index is 2.01. The molecule has 1 aromatic heterocycles. The van der Waals surface area contributed by atoms with E-state index in [9.17, 15) is 4.79 Å². The average Bonchev–Trinajstić information content (AvgIpc) is 2.68. The van der Waals surface area contributed by atoms with E-state index in [0.29, 0.717) is 12.4 Å². The number of nitrogens with one attached hydrogen (secondary N) is 1. The van der Waals surface area contributed by atoms with Gasteiger partial charge >= 0.3 is 0 Å². The van der Waals surface area contributed by atoms with Crippen molar-refractivity contribution in [2.24, 2.45) is 0 Å². The number of benzene rings is 1. The van der Waals surface area contributed by atoms with E-state index in [4.69, 9.17) is 4.42 Å². The molecule has 0 aliphatic carbocycles. The van der Waals surface area contributed by atoms with Crippen molar-refractivity contribution in [1.82, 2.24) is 10.3 Å². The van der Waals surface area contributed by atoms with Crippen LogP contribution in [-0.4, -0.2) is 23.2 Å². The van der Waals surface area contributed by atoms with Gasteiger partial charge in [-0.3, -0.25) is 4.79 Å². The first kappa shape index (κ1) is 12.0. The van der Waals surface area contributed by atoms with Crippen LogP contribution in [-0.2, 0) is 11.2 Å². The predicted octanol–water partition coefficient (Wildman–Crippen LogP) is 1.72. The standard InChI is InChI=1S/C12H14N2O2S/c1-8-14-10-6-9(2-3-11(10)16-8)4-5-13-12(15)7-17/h2-3,6,17H,4-5,7H2,1H3,(H,13,15). The molecule has 90 valence electrons. The van der Waals surface area contributed by atoms with Crippen molar-refractivity contribution in [3.63, 3.8) is 0 Å². The zero-order valence-electron chi connectivity index (χ0n) is 9.56. The van der Waals surface area contributed by atoms with Gasteiger partial charge in [-0.2, -0.15) is 12.6 Å². The summed E-state index contributed by atoms with van der Waals surface area (Å²) < 4.78 is 5.39. The predicted molar refractivity (Wildman–Crippen MR) is 69.3 cm³/mol. The zero-order chi connectivity index (χ0) is 12.3. The molecule has 2 rings (SSSR count). The number of aromatic nitrogens is 1. The van der Waals surface area contributed by atoms with Crippen molar-refractivity contribution in [3.05, 3.63) is 29.7 Å². The molecule has 0 atom stereocenters. The van der Waals surface area contributed by atoms with E-state index >= 15 is 0 Å². The van der Waals surface area contributed by atoms with E-state index in [2.05, 4.69) is 22.9 Å². The van der Waals surface area contributed by atoms with Crippen molar-refractivity contribution in [3.8, 4) is 0 Å². The second-order valence-electron chi connectivity index (χ2n) is 3.79. The van der Waals surface area contributed by atoms with Gasteiger partial charge in [0.1, 0.15) is 5.52 Å². The molecule has 1 heterocycles. The van der Waals surface area contributed by atoms with Gasteiger partial charge in [-0.05, 0) is 24.1 Å². The van der Waals surface area contributed by atoms with Crippen molar-refractivity contribution >= 4 is 29.6 Å². The molecule has 17 heavy (non-hydrogen) atoms. The van der Waals surface area contributed by atoms with E-state index in [1.807, 2.05) is 25.1 Å². The topological polar surface area (TPSA) is 55.1 Å². The maximum Gasteiger partial charge on any atom is 0.229 e. The largest absolute Gasteiger partial charge is 0.441 e. The molecule has 1 N–H and O–H groups in total. The van der Waals surface area contributed by atoms with Crippen molar-refractivity contribution in [2.75, 3.05) is 12.3 Å². The van der Waals surface area contributed by atoms with E-state index < -0.39 is 0 Å². The van der Waals surface area contributed by atoms with Crippen molar-refractivity contribution in [1.29, 1.82) is 0 Å². The lowest BCUT2D eigenvalue weighted by Gasteiger charge is -2.03. The second-order valence-corrected chi connectivity index (χ2v) is 4.11. The fourth-order valence-corrected chi connectivity index (χ4v) is 1.76. The highest BCUT2D eigenvalue weighted by Crippen LogP contribution is 2.16. The molecule has 0 fully saturated rings. The van der Waals surface area contributed by atoms with Crippen LogP contribution in [0.2, 0.25) is 0 Å². The number of hydrogen-bond acceptors (Lipinski definition) is 4. The number of nitrogens with zero attached hydrogens (tertiary/aromatic N) is 1. The molecule has 0 saturated heterocycles. The van der Waals surface area contributed by atoms with Gasteiger partial charge in [0.05, 0.1) is 5.75 Å². The molecule has 0 unspecified atom stereocenters. The third-order valence-electron chi connectivity index (χ3n) is 2.44. The maximum atomic E-state index is 11.0. The Labute approximate surface area is 105 Å².